The average Bonchev–Trinajstić information content (AvgIpc) is 3.28. The van der Waals surface area contributed by atoms with E-state index in [-0.39, 0.29) is 17.5 Å². The lowest BCUT2D eigenvalue weighted by molar-refractivity contribution is -0.389. The molecule has 0 fully saturated rings. The van der Waals surface area contributed by atoms with Crippen molar-refractivity contribution in [3.8, 4) is 17.3 Å². The van der Waals surface area contributed by atoms with Gasteiger partial charge in [0, 0.05) is 35.8 Å². The van der Waals surface area contributed by atoms with E-state index in [0.29, 0.717) is 18.2 Å². The zero-order valence-electron chi connectivity index (χ0n) is 17.1. The summed E-state index contributed by atoms with van der Waals surface area (Å²) >= 11 is 0. The summed E-state index contributed by atoms with van der Waals surface area (Å²) in [5.41, 5.74) is 2.87. The monoisotopic (exact) mass is 429 g/mol. The molecule has 0 aliphatic carbocycles. The lowest BCUT2D eigenvalue weighted by atomic mass is 10.0. The number of halogens is 2. The average molecular weight is 429 g/mol. The van der Waals surface area contributed by atoms with Crippen molar-refractivity contribution in [3.05, 3.63) is 69.5 Å². The molecule has 0 saturated heterocycles. The Balaban J connectivity index is 0.000000166. The molecule has 1 atom stereocenters. The number of likely N-dealkylation sites (N-methyl/N-ethyl adjacent to an activating group) is 1. The van der Waals surface area contributed by atoms with E-state index >= 15 is 0 Å². The second-order valence-electron chi connectivity index (χ2n) is 7.61. The normalized spacial score (nSPS) is 17.2. The van der Waals surface area contributed by atoms with Gasteiger partial charge in [0.25, 0.3) is 0 Å². The van der Waals surface area contributed by atoms with Crippen molar-refractivity contribution in [2.75, 3.05) is 13.6 Å². The zero-order valence-corrected chi connectivity index (χ0v) is 17.1. The molecule has 0 radical (unpaired) electrons. The molecule has 0 saturated carbocycles. The first-order valence-electron chi connectivity index (χ1n) is 9.81. The van der Waals surface area contributed by atoms with Crippen LogP contribution < -0.4 is 4.74 Å². The zero-order chi connectivity index (χ0) is 22.1. The number of imidazole rings is 1. The number of rotatable bonds is 2. The van der Waals surface area contributed by atoms with E-state index in [4.69, 9.17) is 4.74 Å². The molecule has 0 spiro atoms. The van der Waals surface area contributed by atoms with Crippen molar-refractivity contribution >= 4 is 5.82 Å². The van der Waals surface area contributed by atoms with E-state index in [9.17, 15) is 18.9 Å². The van der Waals surface area contributed by atoms with Crippen LogP contribution in [-0.4, -0.2) is 44.1 Å². The first-order valence-corrected chi connectivity index (χ1v) is 9.81. The van der Waals surface area contributed by atoms with Gasteiger partial charge in [0.15, 0.2) is 11.6 Å². The minimum absolute atomic E-state index is 0.0632. The maximum atomic E-state index is 13.8. The van der Waals surface area contributed by atoms with Crippen LogP contribution in [0.15, 0.2) is 36.5 Å². The van der Waals surface area contributed by atoms with E-state index in [0.717, 1.165) is 36.8 Å². The Morgan fingerprint density at radius 3 is 2.77 bits per heavy atom. The first kappa shape index (κ1) is 20.9. The Bertz CT molecular complexity index is 1110. The summed E-state index contributed by atoms with van der Waals surface area (Å²) in [5, 5.41) is 10.3. The molecule has 3 aromatic rings. The van der Waals surface area contributed by atoms with Crippen LogP contribution in [0.2, 0.25) is 0 Å². The molecule has 2 aliphatic heterocycles. The fourth-order valence-corrected chi connectivity index (χ4v) is 3.60. The lowest BCUT2D eigenvalue weighted by Gasteiger charge is -2.24. The molecule has 0 bridgehead atoms. The van der Waals surface area contributed by atoms with Crippen LogP contribution in [0, 0.1) is 21.7 Å². The number of benzene rings is 1. The largest absolute Gasteiger partial charge is 0.441 e. The molecule has 10 heteroatoms. The smallest absolute Gasteiger partial charge is 0.414 e. The Labute approximate surface area is 177 Å². The van der Waals surface area contributed by atoms with Crippen LogP contribution in [0.4, 0.5) is 14.6 Å². The number of aromatic nitrogens is 3. The Morgan fingerprint density at radius 2 is 2.03 bits per heavy atom. The molecule has 162 valence electrons. The van der Waals surface area contributed by atoms with Gasteiger partial charge in [-0.3, -0.25) is 9.55 Å². The van der Waals surface area contributed by atoms with Gasteiger partial charge >= 0.3 is 11.8 Å². The van der Waals surface area contributed by atoms with E-state index in [1.54, 1.807) is 16.7 Å². The molecule has 1 unspecified atom stereocenters. The van der Waals surface area contributed by atoms with Gasteiger partial charge in [0.1, 0.15) is 12.3 Å². The lowest BCUT2D eigenvalue weighted by Crippen LogP contribution is -2.27. The number of ether oxygens (including phenoxy) is 1. The maximum Gasteiger partial charge on any atom is 0.414 e. The molecular formula is C21H21F2N5O3. The third kappa shape index (κ3) is 4.38. The molecular weight excluding hydrogens is 408 g/mol. The van der Waals surface area contributed by atoms with Crippen LogP contribution in [0.25, 0.3) is 11.3 Å². The highest BCUT2D eigenvalue weighted by atomic mass is 19.2. The first-order chi connectivity index (χ1) is 14.8. The highest BCUT2D eigenvalue weighted by Gasteiger charge is 2.28. The number of hydrogen-bond donors (Lipinski definition) is 0. The number of nitro groups is 1. The number of hydrogen-bond acceptors (Lipinski definition) is 6. The third-order valence-corrected chi connectivity index (χ3v) is 5.14. The summed E-state index contributed by atoms with van der Waals surface area (Å²) in [4.78, 5) is 20.1. The van der Waals surface area contributed by atoms with Crippen LogP contribution in [0.3, 0.4) is 0 Å². The van der Waals surface area contributed by atoms with Gasteiger partial charge in [0.05, 0.1) is 12.2 Å². The van der Waals surface area contributed by atoms with Crippen LogP contribution >= 0.6 is 0 Å². The van der Waals surface area contributed by atoms with Gasteiger partial charge in [-0.05, 0) is 42.7 Å². The molecule has 4 heterocycles. The number of nitrogens with zero attached hydrogens (tertiary/aromatic N) is 5. The predicted molar refractivity (Wildman–Crippen MR) is 109 cm³/mol. The summed E-state index contributed by atoms with van der Waals surface area (Å²) in [6.07, 6.45) is 2.29. The minimum Gasteiger partial charge on any atom is -0.441 e. The van der Waals surface area contributed by atoms with Crippen LogP contribution in [0.5, 0.6) is 6.01 Å². The quantitative estimate of drug-likeness (QED) is 0.457. The molecule has 31 heavy (non-hydrogen) atoms. The molecule has 5 rings (SSSR count). The SMILES string of the molecule is CC1Cn2cc([N+](=O)[O-])nc2O1.CN1CCc2nc(-c3cccc(F)c3F)ccc2C1. The standard InChI is InChI=1S/C15H14F2N2.C6H7N3O3/c1-19-8-7-13-10(9-19)5-6-14(18-13)11-3-2-4-12(16)15(11)17;1-4-2-8-3-5(9(10)11)7-6(8)12-4/h2-6H,7-9H2,1H3;3-4H,2H2,1H3. The Morgan fingerprint density at radius 1 is 1.23 bits per heavy atom. The van der Waals surface area contributed by atoms with Gasteiger partial charge in [-0.1, -0.05) is 12.1 Å². The predicted octanol–water partition coefficient (Wildman–Crippen LogP) is 3.59. The number of pyridine rings is 1. The van der Waals surface area contributed by atoms with Crippen molar-refractivity contribution in [1.29, 1.82) is 0 Å². The molecule has 2 aliphatic rings. The number of fused-ring (bicyclic) bond motifs is 2. The van der Waals surface area contributed by atoms with Gasteiger partial charge in [-0.2, -0.15) is 0 Å². The summed E-state index contributed by atoms with van der Waals surface area (Å²) in [6, 6.07) is 8.24. The fourth-order valence-electron chi connectivity index (χ4n) is 3.60. The van der Waals surface area contributed by atoms with E-state index in [2.05, 4.69) is 21.9 Å². The van der Waals surface area contributed by atoms with Crippen LogP contribution in [0.1, 0.15) is 18.2 Å². The highest BCUT2D eigenvalue weighted by Crippen LogP contribution is 2.26. The molecule has 2 aromatic heterocycles. The Kier molecular flexibility index (Phi) is 5.64. The van der Waals surface area contributed by atoms with Crippen molar-refractivity contribution in [2.45, 2.75) is 32.5 Å². The van der Waals surface area contributed by atoms with Crippen molar-refractivity contribution in [3.63, 3.8) is 0 Å². The summed E-state index contributed by atoms with van der Waals surface area (Å²) < 4.78 is 33.8. The van der Waals surface area contributed by atoms with Gasteiger partial charge < -0.3 is 19.8 Å². The van der Waals surface area contributed by atoms with Crippen LogP contribution in [-0.2, 0) is 19.5 Å². The van der Waals surface area contributed by atoms with E-state index < -0.39 is 16.6 Å². The van der Waals surface area contributed by atoms with Crippen molar-refractivity contribution in [2.24, 2.45) is 0 Å². The summed E-state index contributed by atoms with van der Waals surface area (Å²) in [6.45, 7) is 4.32. The molecule has 0 amide bonds. The molecule has 1 aromatic carbocycles. The maximum absolute atomic E-state index is 13.8. The van der Waals surface area contributed by atoms with Crippen molar-refractivity contribution < 1.29 is 18.4 Å². The highest BCUT2D eigenvalue weighted by molar-refractivity contribution is 5.60. The molecule has 0 N–H and O–H groups in total. The van der Waals surface area contributed by atoms with E-state index in [1.807, 2.05) is 13.0 Å². The van der Waals surface area contributed by atoms with Gasteiger partial charge in [-0.25, -0.2) is 8.78 Å². The Hall–Kier alpha value is -3.40. The van der Waals surface area contributed by atoms with Gasteiger partial charge in [0.2, 0.25) is 0 Å². The van der Waals surface area contributed by atoms with Gasteiger partial charge in [-0.15, -0.1) is 0 Å². The molecule has 8 nitrogen and oxygen atoms in total. The second-order valence-corrected chi connectivity index (χ2v) is 7.61. The summed E-state index contributed by atoms with van der Waals surface area (Å²) in [7, 11) is 2.06. The second kappa shape index (κ2) is 8.38. The van der Waals surface area contributed by atoms with E-state index in [1.165, 1.54) is 12.3 Å². The summed E-state index contributed by atoms with van der Waals surface area (Å²) in [5.74, 6) is -1.82. The third-order valence-electron chi connectivity index (χ3n) is 5.14. The topological polar surface area (TPSA) is 86.3 Å². The van der Waals surface area contributed by atoms with Crippen molar-refractivity contribution in [1.82, 2.24) is 19.4 Å². The minimum atomic E-state index is -0.836. The fraction of sp³-hybridized carbons (Fsp3) is 0.333.